The fraction of sp³-hybridized carbons (Fsp3) is 0.500. The molecule has 1 saturated heterocycles. The van der Waals surface area contributed by atoms with Crippen molar-refractivity contribution in [1.29, 1.82) is 0 Å². The topological polar surface area (TPSA) is 55.2 Å². The number of aromatic nitrogens is 2. The van der Waals surface area contributed by atoms with Crippen LogP contribution in [0, 0.1) is 6.92 Å². The number of piperidine rings is 1. The van der Waals surface area contributed by atoms with E-state index in [1.165, 1.54) is 0 Å². The molecular formula is C18H25N3O2S. The van der Waals surface area contributed by atoms with Crippen LogP contribution in [0.2, 0.25) is 0 Å². The van der Waals surface area contributed by atoms with E-state index in [1.54, 1.807) is 22.5 Å². The summed E-state index contributed by atoms with van der Waals surface area (Å²) in [6.45, 7) is 7.23. The van der Waals surface area contributed by atoms with Gasteiger partial charge in [0.05, 0.1) is 4.90 Å². The average Bonchev–Trinajstić information content (AvgIpc) is 3.05. The van der Waals surface area contributed by atoms with Crippen LogP contribution in [0.5, 0.6) is 0 Å². The van der Waals surface area contributed by atoms with Crippen molar-refractivity contribution >= 4 is 10.0 Å². The van der Waals surface area contributed by atoms with Gasteiger partial charge in [-0.1, -0.05) is 12.1 Å². The average molecular weight is 347 g/mol. The molecule has 0 spiro atoms. The number of rotatable bonds is 4. The summed E-state index contributed by atoms with van der Waals surface area (Å²) in [5.74, 6) is 1.14. The minimum atomic E-state index is -3.45. The quantitative estimate of drug-likeness (QED) is 0.852. The highest BCUT2D eigenvalue weighted by atomic mass is 32.2. The summed E-state index contributed by atoms with van der Waals surface area (Å²) in [5, 5.41) is 0. The van der Waals surface area contributed by atoms with Crippen molar-refractivity contribution < 1.29 is 8.42 Å². The highest BCUT2D eigenvalue weighted by molar-refractivity contribution is 7.89. The molecule has 2 heterocycles. The Morgan fingerprint density at radius 2 is 2.08 bits per heavy atom. The van der Waals surface area contributed by atoms with Crippen molar-refractivity contribution in [3.63, 3.8) is 0 Å². The number of nitrogens with zero attached hydrogens (tertiary/aromatic N) is 3. The third kappa shape index (κ3) is 3.26. The van der Waals surface area contributed by atoms with Gasteiger partial charge < -0.3 is 4.57 Å². The van der Waals surface area contributed by atoms with Gasteiger partial charge in [-0.3, -0.25) is 0 Å². The molecule has 0 bridgehead atoms. The Bertz CT molecular complexity index is 811. The highest BCUT2D eigenvalue weighted by Crippen LogP contribution is 2.30. The molecule has 1 aliphatic heterocycles. The van der Waals surface area contributed by atoms with E-state index in [2.05, 4.69) is 23.4 Å². The van der Waals surface area contributed by atoms with Gasteiger partial charge in [-0.2, -0.15) is 4.31 Å². The van der Waals surface area contributed by atoms with E-state index < -0.39 is 10.0 Å². The lowest BCUT2D eigenvalue weighted by Gasteiger charge is -2.32. The van der Waals surface area contributed by atoms with Crippen molar-refractivity contribution in [2.75, 3.05) is 13.1 Å². The summed E-state index contributed by atoms with van der Waals surface area (Å²) in [6, 6.07) is 7.47. The first-order chi connectivity index (χ1) is 11.4. The minimum absolute atomic E-state index is 0.149. The molecule has 0 saturated carbocycles. The lowest BCUT2D eigenvalue weighted by Crippen LogP contribution is -2.39. The molecule has 0 N–H and O–H groups in total. The molecule has 1 unspecified atom stereocenters. The molecule has 1 aliphatic rings. The molecule has 0 amide bonds. The van der Waals surface area contributed by atoms with Crippen LogP contribution in [0.4, 0.5) is 0 Å². The SMILES string of the molecule is Cc1cccc(S(=O)(=O)N2CCCC(c3nccn3C(C)C)C2)c1. The van der Waals surface area contributed by atoms with Gasteiger partial charge in [-0.05, 0) is 51.3 Å². The summed E-state index contributed by atoms with van der Waals surface area (Å²) in [4.78, 5) is 4.89. The van der Waals surface area contributed by atoms with Gasteiger partial charge in [-0.15, -0.1) is 0 Å². The molecule has 3 rings (SSSR count). The van der Waals surface area contributed by atoms with Gasteiger partial charge in [0, 0.05) is 37.4 Å². The summed E-state index contributed by atoms with van der Waals surface area (Å²) < 4.78 is 29.7. The van der Waals surface area contributed by atoms with Gasteiger partial charge in [0.25, 0.3) is 0 Å². The Morgan fingerprint density at radius 1 is 1.29 bits per heavy atom. The van der Waals surface area contributed by atoms with E-state index in [0.29, 0.717) is 24.0 Å². The molecule has 5 nitrogen and oxygen atoms in total. The fourth-order valence-electron chi connectivity index (χ4n) is 3.37. The first kappa shape index (κ1) is 17.2. The van der Waals surface area contributed by atoms with Crippen molar-refractivity contribution in [1.82, 2.24) is 13.9 Å². The number of hydrogen-bond acceptors (Lipinski definition) is 3. The van der Waals surface area contributed by atoms with E-state index in [4.69, 9.17) is 0 Å². The maximum absolute atomic E-state index is 13.0. The van der Waals surface area contributed by atoms with Crippen LogP contribution in [0.15, 0.2) is 41.6 Å². The molecule has 1 atom stereocenters. The minimum Gasteiger partial charge on any atom is -0.332 e. The van der Waals surface area contributed by atoms with Crippen molar-refractivity contribution in [2.24, 2.45) is 0 Å². The third-order valence-corrected chi connectivity index (χ3v) is 6.49. The van der Waals surface area contributed by atoms with Crippen molar-refractivity contribution in [2.45, 2.75) is 50.5 Å². The van der Waals surface area contributed by atoms with E-state index in [0.717, 1.165) is 24.2 Å². The molecule has 0 radical (unpaired) electrons. The van der Waals surface area contributed by atoms with E-state index in [-0.39, 0.29) is 5.92 Å². The van der Waals surface area contributed by atoms with E-state index in [1.807, 2.05) is 25.4 Å². The summed E-state index contributed by atoms with van der Waals surface area (Å²) in [7, 11) is -3.45. The van der Waals surface area contributed by atoms with Crippen molar-refractivity contribution in [3.8, 4) is 0 Å². The molecule has 24 heavy (non-hydrogen) atoms. The Morgan fingerprint density at radius 3 is 2.79 bits per heavy atom. The number of benzene rings is 1. The Kier molecular flexibility index (Phi) is 4.78. The molecular weight excluding hydrogens is 322 g/mol. The molecule has 6 heteroatoms. The van der Waals surface area contributed by atoms with Crippen LogP contribution in [0.1, 0.15) is 50.0 Å². The molecule has 1 fully saturated rings. The molecule has 1 aromatic carbocycles. The normalized spacial score (nSPS) is 19.8. The van der Waals surface area contributed by atoms with Crippen molar-refractivity contribution in [3.05, 3.63) is 48.0 Å². The van der Waals surface area contributed by atoms with Gasteiger partial charge in [-0.25, -0.2) is 13.4 Å². The second-order valence-corrected chi connectivity index (χ2v) is 8.74. The second kappa shape index (κ2) is 6.69. The van der Waals surface area contributed by atoms with E-state index in [9.17, 15) is 8.42 Å². The summed E-state index contributed by atoms with van der Waals surface area (Å²) >= 11 is 0. The van der Waals surface area contributed by atoms with Gasteiger partial charge in [0.2, 0.25) is 10.0 Å². The Balaban J connectivity index is 1.87. The third-order valence-electron chi connectivity index (χ3n) is 4.63. The molecule has 0 aliphatic carbocycles. The maximum Gasteiger partial charge on any atom is 0.243 e. The van der Waals surface area contributed by atoms with Gasteiger partial charge >= 0.3 is 0 Å². The lowest BCUT2D eigenvalue weighted by atomic mass is 9.98. The maximum atomic E-state index is 13.0. The summed E-state index contributed by atoms with van der Waals surface area (Å²) in [5.41, 5.74) is 0.958. The van der Waals surface area contributed by atoms with Gasteiger partial charge in [0.15, 0.2) is 0 Å². The number of aryl methyl sites for hydroxylation is 1. The van der Waals surface area contributed by atoms with Crippen LogP contribution in [0.3, 0.4) is 0 Å². The van der Waals surface area contributed by atoms with Crippen LogP contribution in [-0.2, 0) is 10.0 Å². The lowest BCUT2D eigenvalue weighted by molar-refractivity contribution is 0.302. The summed E-state index contributed by atoms with van der Waals surface area (Å²) in [6.07, 6.45) is 5.63. The van der Waals surface area contributed by atoms with Crippen LogP contribution in [0.25, 0.3) is 0 Å². The Hall–Kier alpha value is -1.66. The first-order valence-corrected chi connectivity index (χ1v) is 9.93. The largest absolute Gasteiger partial charge is 0.332 e. The monoisotopic (exact) mass is 347 g/mol. The number of sulfonamides is 1. The predicted octanol–water partition coefficient (Wildman–Crippen LogP) is 3.34. The second-order valence-electron chi connectivity index (χ2n) is 6.81. The Labute approximate surface area is 144 Å². The predicted molar refractivity (Wildman–Crippen MR) is 94.5 cm³/mol. The smallest absolute Gasteiger partial charge is 0.243 e. The zero-order valence-corrected chi connectivity index (χ0v) is 15.3. The zero-order chi connectivity index (χ0) is 17.3. The van der Waals surface area contributed by atoms with Crippen LogP contribution < -0.4 is 0 Å². The molecule has 130 valence electrons. The van der Waals surface area contributed by atoms with E-state index >= 15 is 0 Å². The highest BCUT2D eigenvalue weighted by Gasteiger charge is 2.32. The molecule has 2 aromatic rings. The standard InChI is InChI=1S/C18H25N3O2S/c1-14(2)21-11-9-19-18(21)16-7-5-10-20(13-16)24(22,23)17-8-4-6-15(3)12-17/h4,6,8-9,11-12,14,16H,5,7,10,13H2,1-3H3. The van der Waals surface area contributed by atoms with Crippen LogP contribution in [-0.4, -0.2) is 35.4 Å². The number of imidazole rings is 1. The number of hydrogen-bond donors (Lipinski definition) is 0. The van der Waals surface area contributed by atoms with Gasteiger partial charge in [0.1, 0.15) is 5.82 Å². The molecule has 1 aromatic heterocycles. The zero-order valence-electron chi connectivity index (χ0n) is 14.5. The first-order valence-electron chi connectivity index (χ1n) is 8.49. The van der Waals surface area contributed by atoms with Crippen LogP contribution >= 0.6 is 0 Å². The fourth-order valence-corrected chi connectivity index (χ4v) is 5.00.